The van der Waals surface area contributed by atoms with Gasteiger partial charge in [0.05, 0.1) is 0 Å². The van der Waals surface area contributed by atoms with Gasteiger partial charge >= 0.3 is 0 Å². The average Bonchev–Trinajstić information content (AvgIpc) is 3.06. The molecule has 1 heterocycles. The number of rotatable bonds is 4. The molecule has 1 amide bonds. The molecule has 0 spiro atoms. The van der Waals surface area contributed by atoms with Crippen LogP contribution in [0, 0.1) is 5.82 Å². The number of benzene rings is 3. The molecular formula is C22H16ClFN2O. The van der Waals surface area contributed by atoms with Gasteiger partial charge in [-0.3, -0.25) is 4.79 Å². The van der Waals surface area contributed by atoms with Gasteiger partial charge in [-0.25, -0.2) is 4.39 Å². The molecule has 27 heavy (non-hydrogen) atoms. The Morgan fingerprint density at radius 1 is 1.00 bits per heavy atom. The summed E-state index contributed by atoms with van der Waals surface area (Å²) in [6.45, 7) is 0.302. The highest BCUT2D eigenvalue weighted by Crippen LogP contribution is 2.33. The predicted molar refractivity (Wildman–Crippen MR) is 106 cm³/mol. The molecule has 0 radical (unpaired) electrons. The normalized spacial score (nSPS) is 10.9. The Labute approximate surface area is 160 Å². The van der Waals surface area contributed by atoms with Crippen molar-refractivity contribution in [2.75, 3.05) is 0 Å². The van der Waals surface area contributed by atoms with Crippen LogP contribution in [-0.4, -0.2) is 10.9 Å². The van der Waals surface area contributed by atoms with Crippen LogP contribution in [0.4, 0.5) is 4.39 Å². The summed E-state index contributed by atoms with van der Waals surface area (Å²) in [7, 11) is 0. The van der Waals surface area contributed by atoms with Crippen molar-refractivity contribution >= 4 is 28.4 Å². The maximum Gasteiger partial charge on any atom is 0.268 e. The van der Waals surface area contributed by atoms with E-state index in [1.54, 1.807) is 12.1 Å². The zero-order valence-electron chi connectivity index (χ0n) is 14.3. The average molecular weight is 379 g/mol. The van der Waals surface area contributed by atoms with Crippen molar-refractivity contribution in [3.8, 4) is 11.1 Å². The lowest BCUT2D eigenvalue weighted by Gasteiger charge is -2.08. The first-order chi connectivity index (χ1) is 13.1. The number of amides is 1. The zero-order valence-corrected chi connectivity index (χ0v) is 15.1. The van der Waals surface area contributed by atoms with E-state index in [-0.39, 0.29) is 11.7 Å². The van der Waals surface area contributed by atoms with Gasteiger partial charge in [-0.2, -0.15) is 0 Å². The number of H-pyrrole nitrogens is 1. The van der Waals surface area contributed by atoms with Crippen molar-refractivity contribution in [3.05, 3.63) is 94.9 Å². The van der Waals surface area contributed by atoms with E-state index < -0.39 is 0 Å². The Bertz CT molecular complexity index is 1120. The van der Waals surface area contributed by atoms with Crippen LogP contribution in [0.15, 0.2) is 72.8 Å². The lowest BCUT2D eigenvalue weighted by atomic mass is 10.0. The molecule has 134 valence electrons. The van der Waals surface area contributed by atoms with Crippen molar-refractivity contribution in [1.82, 2.24) is 10.3 Å². The molecule has 0 saturated carbocycles. The summed E-state index contributed by atoms with van der Waals surface area (Å²) in [5.74, 6) is -0.618. The number of aromatic nitrogens is 1. The molecule has 0 saturated heterocycles. The van der Waals surface area contributed by atoms with Crippen LogP contribution in [0.1, 0.15) is 16.1 Å². The summed E-state index contributed by atoms with van der Waals surface area (Å²) in [6.07, 6.45) is 0. The Balaban J connectivity index is 1.74. The van der Waals surface area contributed by atoms with E-state index in [4.69, 9.17) is 11.6 Å². The minimum Gasteiger partial charge on any atom is -0.350 e. The SMILES string of the molecule is O=C(NCc1ccccc1Cl)c1[nH]c2ccc(F)cc2c1-c1ccccc1. The van der Waals surface area contributed by atoms with E-state index in [1.165, 1.54) is 12.1 Å². The Kier molecular flexibility index (Phi) is 4.65. The second-order valence-corrected chi connectivity index (χ2v) is 6.61. The molecule has 4 rings (SSSR count). The molecule has 2 N–H and O–H groups in total. The van der Waals surface area contributed by atoms with Crippen molar-refractivity contribution in [2.24, 2.45) is 0 Å². The zero-order chi connectivity index (χ0) is 18.8. The van der Waals surface area contributed by atoms with Crippen molar-refractivity contribution in [3.63, 3.8) is 0 Å². The summed E-state index contributed by atoms with van der Waals surface area (Å²) < 4.78 is 13.8. The van der Waals surface area contributed by atoms with Gasteiger partial charge in [-0.1, -0.05) is 60.1 Å². The lowest BCUT2D eigenvalue weighted by molar-refractivity contribution is 0.0947. The number of carbonyl (C=O) groups excluding carboxylic acids is 1. The third kappa shape index (κ3) is 3.44. The van der Waals surface area contributed by atoms with E-state index in [2.05, 4.69) is 10.3 Å². The van der Waals surface area contributed by atoms with Gasteiger partial charge in [0.15, 0.2) is 0 Å². The Hall–Kier alpha value is -3.11. The molecule has 0 aliphatic carbocycles. The topological polar surface area (TPSA) is 44.9 Å². The van der Waals surface area contributed by atoms with Gasteiger partial charge in [0.1, 0.15) is 11.5 Å². The molecule has 0 aliphatic rings. The lowest BCUT2D eigenvalue weighted by Crippen LogP contribution is -2.23. The molecule has 5 heteroatoms. The van der Waals surface area contributed by atoms with Crippen LogP contribution >= 0.6 is 11.6 Å². The number of aromatic amines is 1. The molecule has 0 fully saturated rings. The first kappa shape index (κ1) is 17.3. The quantitative estimate of drug-likeness (QED) is 0.480. The van der Waals surface area contributed by atoms with Crippen LogP contribution in [0.3, 0.4) is 0 Å². The highest BCUT2D eigenvalue weighted by Gasteiger charge is 2.19. The van der Waals surface area contributed by atoms with E-state index >= 15 is 0 Å². The van der Waals surface area contributed by atoms with Crippen LogP contribution in [0.25, 0.3) is 22.0 Å². The van der Waals surface area contributed by atoms with Crippen molar-refractivity contribution in [2.45, 2.75) is 6.54 Å². The molecular weight excluding hydrogens is 363 g/mol. The fraction of sp³-hybridized carbons (Fsp3) is 0.0455. The Morgan fingerprint density at radius 3 is 2.52 bits per heavy atom. The molecule has 0 aliphatic heterocycles. The molecule has 0 atom stereocenters. The van der Waals surface area contributed by atoms with E-state index in [9.17, 15) is 9.18 Å². The van der Waals surface area contributed by atoms with E-state index in [0.29, 0.717) is 33.7 Å². The van der Waals surface area contributed by atoms with Gasteiger partial charge in [0.2, 0.25) is 0 Å². The predicted octanol–water partition coefficient (Wildman–Crippen LogP) is 5.56. The monoisotopic (exact) mass is 378 g/mol. The largest absolute Gasteiger partial charge is 0.350 e. The van der Waals surface area contributed by atoms with Gasteiger partial charge < -0.3 is 10.3 Å². The second kappa shape index (κ2) is 7.25. The minimum absolute atomic E-state index is 0.273. The van der Waals surface area contributed by atoms with Crippen LogP contribution in [-0.2, 0) is 6.54 Å². The van der Waals surface area contributed by atoms with E-state index in [0.717, 1.165) is 11.1 Å². The van der Waals surface area contributed by atoms with Gasteiger partial charge in [-0.05, 0) is 35.4 Å². The highest BCUT2D eigenvalue weighted by molar-refractivity contribution is 6.31. The fourth-order valence-corrected chi connectivity index (χ4v) is 3.35. The van der Waals surface area contributed by atoms with Crippen LogP contribution < -0.4 is 5.32 Å². The summed E-state index contributed by atoms with van der Waals surface area (Å²) >= 11 is 6.16. The van der Waals surface area contributed by atoms with Gasteiger partial charge in [0, 0.05) is 28.0 Å². The number of hydrogen-bond donors (Lipinski definition) is 2. The summed E-state index contributed by atoms with van der Waals surface area (Å²) in [6, 6.07) is 21.3. The highest BCUT2D eigenvalue weighted by atomic mass is 35.5. The summed E-state index contributed by atoms with van der Waals surface area (Å²) in [5, 5.41) is 4.16. The third-order valence-corrected chi connectivity index (χ3v) is 4.82. The smallest absolute Gasteiger partial charge is 0.268 e. The molecule has 3 aromatic carbocycles. The molecule has 0 bridgehead atoms. The maximum absolute atomic E-state index is 13.8. The molecule has 0 unspecified atom stereocenters. The standard InChI is InChI=1S/C22H16ClFN2O/c23-18-9-5-4-8-15(18)13-25-22(27)21-20(14-6-2-1-3-7-14)17-12-16(24)10-11-19(17)26-21/h1-12,26H,13H2,(H,25,27). The third-order valence-electron chi connectivity index (χ3n) is 4.45. The van der Waals surface area contributed by atoms with Gasteiger partial charge in [0.25, 0.3) is 5.91 Å². The van der Waals surface area contributed by atoms with Crippen molar-refractivity contribution < 1.29 is 9.18 Å². The van der Waals surface area contributed by atoms with Crippen molar-refractivity contribution in [1.29, 1.82) is 0 Å². The van der Waals surface area contributed by atoms with Gasteiger partial charge in [-0.15, -0.1) is 0 Å². The molecule has 4 aromatic rings. The molecule has 3 nitrogen and oxygen atoms in total. The fourth-order valence-electron chi connectivity index (χ4n) is 3.14. The minimum atomic E-state index is -0.346. The van der Waals surface area contributed by atoms with Crippen LogP contribution in [0.2, 0.25) is 5.02 Å². The number of nitrogens with one attached hydrogen (secondary N) is 2. The first-order valence-corrected chi connectivity index (χ1v) is 8.89. The Morgan fingerprint density at radius 2 is 1.74 bits per heavy atom. The summed E-state index contributed by atoms with van der Waals surface area (Å²) in [5.41, 5.74) is 3.46. The molecule has 1 aromatic heterocycles. The second-order valence-electron chi connectivity index (χ2n) is 6.21. The number of halogens is 2. The maximum atomic E-state index is 13.8. The number of fused-ring (bicyclic) bond motifs is 1. The summed E-state index contributed by atoms with van der Waals surface area (Å²) in [4.78, 5) is 16.0. The van der Waals surface area contributed by atoms with E-state index in [1.807, 2.05) is 48.5 Å². The number of hydrogen-bond acceptors (Lipinski definition) is 1. The first-order valence-electron chi connectivity index (χ1n) is 8.52. The van der Waals surface area contributed by atoms with Crippen LogP contribution in [0.5, 0.6) is 0 Å². The number of carbonyl (C=O) groups is 1.